The summed E-state index contributed by atoms with van der Waals surface area (Å²) in [7, 11) is 0. The van der Waals surface area contributed by atoms with Crippen LogP contribution in [0, 0.1) is 31.4 Å². The fourth-order valence-corrected chi connectivity index (χ4v) is 4.89. The first-order valence-electron chi connectivity index (χ1n) is 10.7. The number of ether oxygens (including phenoxy) is 1. The molecule has 1 aliphatic heterocycles. The van der Waals surface area contributed by atoms with Crippen LogP contribution >= 0.6 is 11.3 Å². The summed E-state index contributed by atoms with van der Waals surface area (Å²) in [6, 6.07) is 3.27. The molecule has 0 bridgehead atoms. The molecule has 1 saturated heterocycles. The highest BCUT2D eigenvalue weighted by molar-refractivity contribution is 7.18. The molecule has 4 rings (SSSR count). The van der Waals surface area contributed by atoms with Gasteiger partial charge < -0.3 is 15.0 Å². The van der Waals surface area contributed by atoms with Crippen LogP contribution in [0.25, 0.3) is 10.2 Å². The van der Waals surface area contributed by atoms with E-state index in [2.05, 4.69) is 34.0 Å². The normalized spacial score (nSPS) is 15.5. The van der Waals surface area contributed by atoms with E-state index in [4.69, 9.17) is 4.74 Å². The number of thiophene rings is 1. The van der Waals surface area contributed by atoms with E-state index in [0.29, 0.717) is 25.9 Å². The number of hydrogen-bond acceptors (Lipinski definition) is 7. The molecular formula is C23H24F2N4O3S. The standard InChI is InChI=1S/C23H24F2N4O3S/c1-12-14(3)33-22-18(12)20(26-11-27-22)29-9-7-15(8-10-29)23(31)32-13(2)21(30)28-19-16(24)5-4-6-17(19)25/h4-6,11,13,15H,7-10H2,1-3H3,(H,28,30). The fraction of sp³-hybridized carbons (Fsp3) is 0.391. The van der Waals surface area contributed by atoms with Crippen LogP contribution in [0.4, 0.5) is 20.3 Å². The zero-order valence-corrected chi connectivity index (χ0v) is 19.3. The number of anilines is 2. The average molecular weight is 475 g/mol. The van der Waals surface area contributed by atoms with Crippen LogP contribution in [0.15, 0.2) is 24.5 Å². The number of amides is 1. The van der Waals surface area contributed by atoms with E-state index in [1.165, 1.54) is 23.4 Å². The molecule has 0 spiro atoms. The maximum Gasteiger partial charge on any atom is 0.309 e. The van der Waals surface area contributed by atoms with Crippen molar-refractivity contribution in [1.29, 1.82) is 0 Å². The number of benzene rings is 1. The third-order valence-electron chi connectivity index (χ3n) is 5.95. The Bertz CT molecular complexity index is 1190. The van der Waals surface area contributed by atoms with Gasteiger partial charge in [-0.05, 0) is 51.3 Å². The first-order chi connectivity index (χ1) is 15.8. The van der Waals surface area contributed by atoms with Gasteiger partial charge in [-0.1, -0.05) is 6.07 Å². The van der Waals surface area contributed by atoms with Crippen LogP contribution in [0.2, 0.25) is 0 Å². The molecule has 1 aliphatic rings. The second-order valence-corrected chi connectivity index (χ2v) is 9.29. The van der Waals surface area contributed by atoms with Crippen molar-refractivity contribution in [1.82, 2.24) is 9.97 Å². The van der Waals surface area contributed by atoms with Gasteiger partial charge in [-0.15, -0.1) is 11.3 Å². The van der Waals surface area contributed by atoms with Crippen LogP contribution in [0.1, 0.15) is 30.2 Å². The Morgan fingerprint density at radius 3 is 2.52 bits per heavy atom. The molecule has 1 atom stereocenters. The van der Waals surface area contributed by atoms with E-state index < -0.39 is 35.3 Å². The van der Waals surface area contributed by atoms with Crippen molar-refractivity contribution in [2.75, 3.05) is 23.3 Å². The topological polar surface area (TPSA) is 84.4 Å². The number of piperidine rings is 1. The molecule has 1 unspecified atom stereocenters. The second-order valence-electron chi connectivity index (χ2n) is 8.09. The van der Waals surface area contributed by atoms with Gasteiger partial charge in [0.2, 0.25) is 0 Å². The van der Waals surface area contributed by atoms with E-state index >= 15 is 0 Å². The minimum absolute atomic E-state index is 0.371. The molecule has 1 fully saturated rings. The van der Waals surface area contributed by atoms with Gasteiger partial charge in [0, 0.05) is 18.0 Å². The first-order valence-corrected chi connectivity index (χ1v) is 11.5. The molecule has 0 saturated carbocycles. The Labute approximate surface area is 193 Å². The smallest absolute Gasteiger partial charge is 0.309 e. The zero-order valence-electron chi connectivity index (χ0n) is 18.5. The Balaban J connectivity index is 1.35. The predicted octanol–water partition coefficient (Wildman–Crippen LogP) is 4.37. The Hall–Kier alpha value is -3.14. The van der Waals surface area contributed by atoms with Crippen LogP contribution in [0.3, 0.4) is 0 Å². The molecule has 0 aliphatic carbocycles. The molecule has 33 heavy (non-hydrogen) atoms. The monoisotopic (exact) mass is 474 g/mol. The average Bonchev–Trinajstić information content (AvgIpc) is 3.10. The van der Waals surface area contributed by atoms with Crippen molar-refractivity contribution >= 4 is 44.9 Å². The summed E-state index contributed by atoms with van der Waals surface area (Å²) in [5.74, 6) is -2.59. The molecule has 3 heterocycles. The number of halogens is 2. The number of aryl methyl sites for hydroxylation is 2. The maximum absolute atomic E-state index is 13.8. The minimum Gasteiger partial charge on any atom is -0.452 e. The number of rotatable bonds is 5. The van der Waals surface area contributed by atoms with Gasteiger partial charge in [0.1, 0.15) is 34.3 Å². The number of nitrogens with zero attached hydrogens (tertiary/aromatic N) is 3. The third kappa shape index (κ3) is 4.66. The van der Waals surface area contributed by atoms with E-state index in [1.54, 1.807) is 17.7 Å². The number of fused-ring (bicyclic) bond motifs is 1. The molecular weight excluding hydrogens is 450 g/mol. The number of esters is 1. The molecule has 2 aromatic heterocycles. The summed E-state index contributed by atoms with van der Waals surface area (Å²) < 4.78 is 32.8. The largest absolute Gasteiger partial charge is 0.452 e. The zero-order chi connectivity index (χ0) is 23.7. The van der Waals surface area contributed by atoms with Crippen LogP contribution in [-0.4, -0.2) is 41.0 Å². The van der Waals surface area contributed by atoms with E-state index in [1.807, 2.05) is 0 Å². The van der Waals surface area contributed by atoms with Gasteiger partial charge in [-0.25, -0.2) is 18.7 Å². The predicted molar refractivity (Wildman–Crippen MR) is 122 cm³/mol. The van der Waals surface area contributed by atoms with Crippen molar-refractivity contribution in [3.8, 4) is 0 Å². The SMILES string of the molecule is Cc1sc2ncnc(N3CCC(C(=O)OC(C)C(=O)Nc4c(F)cccc4F)CC3)c2c1C. The van der Waals surface area contributed by atoms with Crippen LogP contribution in [0.5, 0.6) is 0 Å². The molecule has 1 aromatic carbocycles. The van der Waals surface area contributed by atoms with Gasteiger partial charge in [0.05, 0.1) is 11.3 Å². The first kappa shape index (κ1) is 23.0. The van der Waals surface area contributed by atoms with E-state index in [-0.39, 0.29) is 5.92 Å². The van der Waals surface area contributed by atoms with Gasteiger partial charge >= 0.3 is 5.97 Å². The minimum atomic E-state index is -1.19. The lowest BCUT2D eigenvalue weighted by Gasteiger charge is -2.32. The lowest BCUT2D eigenvalue weighted by Crippen LogP contribution is -2.39. The number of carbonyl (C=O) groups excluding carboxylic acids is 2. The Morgan fingerprint density at radius 1 is 1.18 bits per heavy atom. The number of para-hydroxylation sites is 1. The fourth-order valence-electron chi connectivity index (χ4n) is 3.90. The Kier molecular flexibility index (Phi) is 6.55. The summed E-state index contributed by atoms with van der Waals surface area (Å²) in [4.78, 5) is 38.1. The summed E-state index contributed by atoms with van der Waals surface area (Å²) in [5, 5.41) is 3.20. The third-order valence-corrected chi connectivity index (χ3v) is 7.06. The highest BCUT2D eigenvalue weighted by atomic mass is 32.1. The van der Waals surface area contributed by atoms with Gasteiger partial charge in [0.15, 0.2) is 6.10 Å². The molecule has 7 nitrogen and oxygen atoms in total. The lowest BCUT2D eigenvalue weighted by atomic mass is 9.96. The number of carbonyl (C=O) groups is 2. The van der Waals surface area contributed by atoms with Crippen molar-refractivity contribution in [2.24, 2.45) is 5.92 Å². The molecule has 3 aromatic rings. The molecule has 1 amide bonds. The van der Waals surface area contributed by atoms with Gasteiger partial charge in [-0.2, -0.15) is 0 Å². The number of hydrogen-bond donors (Lipinski definition) is 1. The van der Waals surface area contributed by atoms with Crippen molar-refractivity contribution in [3.63, 3.8) is 0 Å². The molecule has 174 valence electrons. The highest BCUT2D eigenvalue weighted by Crippen LogP contribution is 2.35. The lowest BCUT2D eigenvalue weighted by molar-refractivity contribution is -0.158. The van der Waals surface area contributed by atoms with Crippen LogP contribution in [-0.2, 0) is 14.3 Å². The van der Waals surface area contributed by atoms with Crippen molar-refractivity contribution in [3.05, 3.63) is 46.6 Å². The summed E-state index contributed by atoms with van der Waals surface area (Å²) in [6.45, 7) is 6.72. The Morgan fingerprint density at radius 2 is 1.85 bits per heavy atom. The van der Waals surface area contributed by atoms with Crippen LogP contribution < -0.4 is 10.2 Å². The molecule has 0 radical (unpaired) electrons. The van der Waals surface area contributed by atoms with E-state index in [9.17, 15) is 18.4 Å². The van der Waals surface area contributed by atoms with Gasteiger partial charge in [0.25, 0.3) is 5.91 Å². The number of aromatic nitrogens is 2. The second kappa shape index (κ2) is 9.38. The summed E-state index contributed by atoms with van der Waals surface area (Å²) in [5.41, 5.74) is 0.604. The van der Waals surface area contributed by atoms with Crippen molar-refractivity contribution < 1.29 is 23.1 Å². The van der Waals surface area contributed by atoms with Gasteiger partial charge in [-0.3, -0.25) is 9.59 Å². The van der Waals surface area contributed by atoms with E-state index in [0.717, 1.165) is 28.2 Å². The molecule has 10 heteroatoms. The van der Waals surface area contributed by atoms with Crippen molar-refractivity contribution in [2.45, 2.75) is 39.7 Å². The maximum atomic E-state index is 13.8. The summed E-state index contributed by atoms with van der Waals surface area (Å²) >= 11 is 1.64. The quantitative estimate of drug-likeness (QED) is 0.553. The summed E-state index contributed by atoms with van der Waals surface area (Å²) in [6.07, 6.45) is 1.46. The molecule has 1 N–H and O–H groups in total. The number of nitrogens with one attached hydrogen (secondary N) is 1. The highest BCUT2D eigenvalue weighted by Gasteiger charge is 2.30.